The van der Waals surface area contributed by atoms with Gasteiger partial charge in [-0.1, -0.05) is 17.7 Å². The molecule has 9 heteroatoms. The lowest BCUT2D eigenvalue weighted by Gasteiger charge is -2.16. The third-order valence-corrected chi connectivity index (χ3v) is 6.94. The molecule has 0 unspecified atom stereocenters. The van der Waals surface area contributed by atoms with Gasteiger partial charge in [-0.25, -0.2) is 17.4 Å². The maximum absolute atomic E-state index is 13.0. The molecule has 0 aliphatic heterocycles. The second-order valence-electron chi connectivity index (χ2n) is 7.22. The topological polar surface area (TPSA) is 84.3 Å². The maximum atomic E-state index is 13.0. The van der Waals surface area contributed by atoms with E-state index in [1.807, 2.05) is 13.0 Å². The van der Waals surface area contributed by atoms with Gasteiger partial charge in [0.25, 0.3) is 5.91 Å². The maximum Gasteiger partial charge on any atom is 0.256 e. The molecule has 158 valence electrons. The van der Waals surface area contributed by atoms with Crippen molar-refractivity contribution in [3.8, 4) is 5.69 Å². The largest absolute Gasteiger partial charge is 0.306 e. The Kier molecular flexibility index (Phi) is 6.03. The number of rotatable bonds is 5. The Labute approximate surface area is 181 Å². The molecular weight excluding hydrogens is 424 g/mol. The zero-order valence-electron chi connectivity index (χ0n) is 17.4. The van der Waals surface area contributed by atoms with Crippen LogP contribution in [0.25, 0.3) is 5.69 Å². The van der Waals surface area contributed by atoms with Crippen LogP contribution in [0.4, 0.5) is 5.82 Å². The Balaban J connectivity index is 2.01. The Bertz CT molecular complexity index is 1230. The van der Waals surface area contributed by atoms with Gasteiger partial charge in [0, 0.05) is 30.7 Å². The number of aryl methyl sites for hydroxylation is 2. The summed E-state index contributed by atoms with van der Waals surface area (Å²) < 4.78 is 28.1. The number of nitrogens with one attached hydrogen (secondary N) is 1. The molecule has 0 saturated heterocycles. The van der Waals surface area contributed by atoms with Gasteiger partial charge in [0.05, 0.1) is 16.3 Å². The third kappa shape index (κ3) is 4.26. The Hall–Kier alpha value is -2.68. The molecule has 1 aromatic heterocycles. The molecule has 0 saturated carbocycles. The molecule has 7 nitrogen and oxygen atoms in total. The van der Waals surface area contributed by atoms with E-state index in [4.69, 9.17) is 11.6 Å². The van der Waals surface area contributed by atoms with E-state index in [2.05, 4.69) is 10.4 Å². The zero-order valence-corrected chi connectivity index (χ0v) is 19.0. The highest BCUT2D eigenvalue weighted by Crippen LogP contribution is 2.25. The molecule has 0 radical (unpaired) electrons. The predicted molar refractivity (Wildman–Crippen MR) is 118 cm³/mol. The number of amides is 1. The number of benzene rings is 2. The highest BCUT2D eigenvalue weighted by Gasteiger charge is 2.23. The molecule has 30 heavy (non-hydrogen) atoms. The molecule has 0 aliphatic carbocycles. The van der Waals surface area contributed by atoms with Crippen LogP contribution < -0.4 is 5.32 Å². The van der Waals surface area contributed by atoms with Crippen molar-refractivity contribution in [1.82, 2.24) is 14.1 Å². The average molecular weight is 447 g/mol. The smallest absolute Gasteiger partial charge is 0.256 e. The van der Waals surface area contributed by atoms with Crippen LogP contribution in [0.2, 0.25) is 5.02 Å². The zero-order chi connectivity index (χ0) is 22.2. The van der Waals surface area contributed by atoms with Crippen molar-refractivity contribution >= 4 is 33.3 Å². The molecule has 1 N–H and O–H groups in total. The quantitative estimate of drug-likeness (QED) is 0.643. The van der Waals surface area contributed by atoms with Crippen LogP contribution in [0.3, 0.4) is 0 Å². The summed E-state index contributed by atoms with van der Waals surface area (Å²) in [6.07, 6.45) is 0. The van der Waals surface area contributed by atoms with Gasteiger partial charge in [-0.2, -0.15) is 5.10 Å². The highest BCUT2D eigenvalue weighted by molar-refractivity contribution is 7.89. The highest BCUT2D eigenvalue weighted by atomic mass is 35.5. The molecule has 3 aromatic rings. The van der Waals surface area contributed by atoms with Crippen LogP contribution >= 0.6 is 11.6 Å². The second kappa shape index (κ2) is 8.22. The Morgan fingerprint density at radius 2 is 1.80 bits per heavy atom. The van der Waals surface area contributed by atoms with Crippen molar-refractivity contribution in [2.75, 3.05) is 19.4 Å². The minimum atomic E-state index is -3.69. The van der Waals surface area contributed by atoms with E-state index in [1.165, 1.54) is 20.2 Å². The average Bonchev–Trinajstić information content (AvgIpc) is 3.03. The number of hydrogen-bond donors (Lipinski definition) is 1. The third-order valence-electron chi connectivity index (χ3n) is 4.77. The normalized spacial score (nSPS) is 11.7. The number of carbonyl (C=O) groups is 1. The second-order valence-corrected chi connectivity index (χ2v) is 9.78. The minimum Gasteiger partial charge on any atom is -0.306 e. The first-order valence-corrected chi connectivity index (χ1v) is 11.0. The van der Waals surface area contributed by atoms with Crippen molar-refractivity contribution in [2.45, 2.75) is 25.7 Å². The molecular formula is C21H23ClN4O3S. The van der Waals surface area contributed by atoms with Crippen LogP contribution in [0.5, 0.6) is 0 Å². The number of aromatic nitrogens is 2. The molecule has 0 spiro atoms. The molecule has 2 aromatic carbocycles. The summed E-state index contributed by atoms with van der Waals surface area (Å²) >= 11 is 6.08. The van der Waals surface area contributed by atoms with Crippen molar-refractivity contribution in [1.29, 1.82) is 0 Å². The van der Waals surface area contributed by atoms with Crippen LogP contribution in [0.15, 0.2) is 47.4 Å². The first kappa shape index (κ1) is 22.0. The fourth-order valence-electron chi connectivity index (χ4n) is 3.00. The molecule has 1 heterocycles. The van der Waals surface area contributed by atoms with Gasteiger partial charge in [0.2, 0.25) is 10.0 Å². The van der Waals surface area contributed by atoms with Gasteiger partial charge in [-0.3, -0.25) is 4.79 Å². The summed E-state index contributed by atoms with van der Waals surface area (Å²) in [4.78, 5) is 13.1. The van der Waals surface area contributed by atoms with Gasteiger partial charge in [-0.15, -0.1) is 0 Å². The van der Waals surface area contributed by atoms with E-state index >= 15 is 0 Å². The Morgan fingerprint density at radius 1 is 1.10 bits per heavy atom. The van der Waals surface area contributed by atoms with Crippen molar-refractivity contribution < 1.29 is 13.2 Å². The number of anilines is 1. The molecule has 0 fully saturated rings. The SMILES string of the molecule is Cc1cc(NC(=O)c2cc(C)c(C)c(S(=O)(=O)N(C)C)c2)n(-c2cccc(Cl)c2)n1. The lowest BCUT2D eigenvalue weighted by Crippen LogP contribution is -2.24. The minimum absolute atomic E-state index is 0.108. The van der Waals surface area contributed by atoms with Crippen LogP contribution in [-0.4, -0.2) is 42.5 Å². The molecule has 0 atom stereocenters. The van der Waals surface area contributed by atoms with Crippen LogP contribution in [0.1, 0.15) is 27.2 Å². The first-order chi connectivity index (χ1) is 14.0. The van der Waals surface area contributed by atoms with E-state index < -0.39 is 15.9 Å². The van der Waals surface area contributed by atoms with Crippen LogP contribution in [-0.2, 0) is 10.0 Å². The van der Waals surface area contributed by atoms with Crippen molar-refractivity contribution in [3.63, 3.8) is 0 Å². The predicted octanol–water partition coefficient (Wildman–Crippen LogP) is 3.95. The number of hydrogen-bond acceptors (Lipinski definition) is 4. The van der Waals surface area contributed by atoms with E-state index in [0.717, 1.165) is 4.31 Å². The standard InChI is InChI=1S/C21H23ClN4O3S/c1-13-9-16(11-19(15(13)3)30(28,29)25(4)5)21(27)23-20-10-14(2)24-26(20)18-8-6-7-17(22)12-18/h6-12H,1-5H3,(H,23,27). The number of nitrogens with zero attached hydrogens (tertiary/aromatic N) is 3. The number of carbonyl (C=O) groups excluding carboxylic acids is 1. The van der Waals surface area contributed by atoms with Gasteiger partial charge < -0.3 is 5.32 Å². The fourth-order valence-corrected chi connectivity index (χ4v) is 4.41. The van der Waals surface area contributed by atoms with Crippen LogP contribution in [0, 0.1) is 20.8 Å². The lowest BCUT2D eigenvalue weighted by atomic mass is 10.1. The van der Waals surface area contributed by atoms with Gasteiger partial charge >= 0.3 is 0 Å². The number of halogens is 1. The summed E-state index contributed by atoms with van der Waals surface area (Å²) in [6.45, 7) is 5.32. The molecule has 0 aliphatic rings. The summed E-state index contributed by atoms with van der Waals surface area (Å²) in [5.41, 5.74) is 2.97. The summed E-state index contributed by atoms with van der Waals surface area (Å²) in [7, 11) is -0.767. The molecule has 3 rings (SSSR count). The van der Waals surface area contributed by atoms with Gasteiger partial charge in [0.1, 0.15) is 5.82 Å². The van der Waals surface area contributed by atoms with E-state index in [-0.39, 0.29) is 10.5 Å². The van der Waals surface area contributed by atoms with Crippen molar-refractivity contribution in [2.24, 2.45) is 0 Å². The first-order valence-electron chi connectivity index (χ1n) is 9.18. The number of sulfonamides is 1. The van der Waals surface area contributed by atoms with E-state index in [1.54, 1.807) is 48.9 Å². The van der Waals surface area contributed by atoms with Gasteiger partial charge in [-0.05, 0) is 62.2 Å². The molecule has 1 amide bonds. The summed E-state index contributed by atoms with van der Waals surface area (Å²) in [5.74, 6) is 0.0199. The molecule has 0 bridgehead atoms. The Morgan fingerprint density at radius 3 is 2.43 bits per heavy atom. The van der Waals surface area contributed by atoms with Gasteiger partial charge in [0.15, 0.2) is 0 Å². The van der Waals surface area contributed by atoms with E-state index in [9.17, 15) is 13.2 Å². The summed E-state index contributed by atoms with van der Waals surface area (Å²) in [5, 5.41) is 7.80. The summed E-state index contributed by atoms with van der Waals surface area (Å²) in [6, 6.07) is 11.9. The van der Waals surface area contributed by atoms with Crippen molar-refractivity contribution in [3.05, 3.63) is 69.9 Å². The monoisotopic (exact) mass is 446 g/mol. The fraction of sp³-hybridized carbons (Fsp3) is 0.238. The lowest BCUT2D eigenvalue weighted by molar-refractivity contribution is 0.102. The van der Waals surface area contributed by atoms with E-state index in [0.29, 0.717) is 33.3 Å².